The van der Waals surface area contributed by atoms with Crippen LogP contribution in [-0.4, -0.2) is 29.5 Å². The Balaban J connectivity index is 1.57. The molecule has 0 aliphatic heterocycles. The standard InChI is InChI=1S/C27H41NO2/c1-19-9-10-24-23(17-28-16-20-7-5-4-6-8-20)25(12-14-26(19,24)2)27(3)13-11-22(30)15-21(27)18-29/h4-8,21-25,28-30H,1,9-18H2,2-3H3/t21-,22+,23+,24?,25?,26-,27+/m1/s1. The lowest BCUT2D eigenvalue weighted by Crippen LogP contribution is -2.53. The summed E-state index contributed by atoms with van der Waals surface area (Å²) in [6.07, 6.45) is 7.28. The molecule has 0 spiro atoms. The van der Waals surface area contributed by atoms with Crippen LogP contribution < -0.4 is 5.32 Å². The maximum Gasteiger partial charge on any atom is 0.0544 e. The predicted molar refractivity (Wildman–Crippen MR) is 123 cm³/mol. The highest BCUT2D eigenvalue weighted by Gasteiger charge is 2.56. The number of benzene rings is 1. The molecule has 3 saturated carbocycles. The average Bonchev–Trinajstić information content (AvgIpc) is 3.05. The van der Waals surface area contributed by atoms with Crippen molar-refractivity contribution < 1.29 is 10.2 Å². The molecular weight excluding hydrogens is 370 g/mol. The van der Waals surface area contributed by atoms with Gasteiger partial charge in [-0.1, -0.05) is 56.3 Å². The fourth-order valence-electron chi connectivity index (χ4n) is 7.45. The van der Waals surface area contributed by atoms with Gasteiger partial charge in [-0.2, -0.15) is 0 Å². The number of allylic oxidation sites excluding steroid dienone is 1. The average molecular weight is 412 g/mol. The van der Waals surface area contributed by atoms with E-state index >= 15 is 0 Å². The van der Waals surface area contributed by atoms with Crippen molar-refractivity contribution in [3.8, 4) is 0 Å². The number of aliphatic hydroxyl groups is 2. The summed E-state index contributed by atoms with van der Waals surface area (Å²) in [4.78, 5) is 0. The van der Waals surface area contributed by atoms with Gasteiger partial charge in [0.15, 0.2) is 0 Å². The van der Waals surface area contributed by atoms with Gasteiger partial charge in [0.2, 0.25) is 0 Å². The van der Waals surface area contributed by atoms with Gasteiger partial charge >= 0.3 is 0 Å². The number of nitrogens with one attached hydrogen (secondary N) is 1. The van der Waals surface area contributed by atoms with Crippen LogP contribution in [0.5, 0.6) is 0 Å². The van der Waals surface area contributed by atoms with E-state index in [1.54, 1.807) is 0 Å². The molecule has 4 rings (SSSR count). The smallest absolute Gasteiger partial charge is 0.0544 e. The molecule has 7 atom stereocenters. The van der Waals surface area contributed by atoms with Crippen LogP contribution in [0, 0.1) is 34.5 Å². The van der Waals surface area contributed by atoms with Crippen LogP contribution in [0.4, 0.5) is 0 Å². The van der Waals surface area contributed by atoms with Crippen molar-refractivity contribution >= 4 is 0 Å². The maximum absolute atomic E-state index is 10.3. The second-order valence-electron chi connectivity index (χ2n) is 10.9. The number of fused-ring (bicyclic) bond motifs is 1. The van der Waals surface area contributed by atoms with E-state index in [-0.39, 0.29) is 29.5 Å². The summed E-state index contributed by atoms with van der Waals surface area (Å²) < 4.78 is 0. The third kappa shape index (κ3) is 3.89. The molecule has 1 aromatic rings. The van der Waals surface area contributed by atoms with E-state index in [9.17, 15) is 10.2 Å². The fourth-order valence-corrected chi connectivity index (χ4v) is 7.45. The van der Waals surface area contributed by atoms with Crippen molar-refractivity contribution in [1.82, 2.24) is 5.32 Å². The van der Waals surface area contributed by atoms with Crippen LogP contribution in [0.15, 0.2) is 42.5 Å². The van der Waals surface area contributed by atoms with Crippen molar-refractivity contribution in [2.75, 3.05) is 13.2 Å². The Labute approximate surface area is 183 Å². The topological polar surface area (TPSA) is 52.5 Å². The van der Waals surface area contributed by atoms with Gasteiger partial charge in [0.05, 0.1) is 6.10 Å². The summed E-state index contributed by atoms with van der Waals surface area (Å²) in [6, 6.07) is 10.7. The minimum Gasteiger partial charge on any atom is -0.396 e. The summed E-state index contributed by atoms with van der Waals surface area (Å²) in [6.45, 7) is 11.5. The Hall–Kier alpha value is -1.16. The van der Waals surface area contributed by atoms with E-state index in [0.717, 1.165) is 32.4 Å². The van der Waals surface area contributed by atoms with E-state index in [0.29, 0.717) is 17.8 Å². The Kier molecular flexibility index (Phi) is 6.44. The van der Waals surface area contributed by atoms with Gasteiger partial charge in [-0.15, -0.1) is 0 Å². The molecule has 166 valence electrons. The molecule has 3 heteroatoms. The summed E-state index contributed by atoms with van der Waals surface area (Å²) >= 11 is 0. The van der Waals surface area contributed by atoms with Gasteiger partial charge in [0.25, 0.3) is 0 Å². The van der Waals surface area contributed by atoms with Crippen molar-refractivity contribution in [2.45, 2.75) is 71.4 Å². The van der Waals surface area contributed by atoms with Crippen molar-refractivity contribution in [1.29, 1.82) is 0 Å². The Bertz CT molecular complexity index is 734. The lowest BCUT2D eigenvalue weighted by molar-refractivity contribution is -0.0933. The van der Waals surface area contributed by atoms with Crippen LogP contribution in [0.25, 0.3) is 0 Å². The van der Waals surface area contributed by atoms with Crippen LogP contribution in [-0.2, 0) is 6.54 Å². The van der Waals surface area contributed by atoms with E-state index < -0.39 is 0 Å². The molecule has 30 heavy (non-hydrogen) atoms. The van der Waals surface area contributed by atoms with Gasteiger partial charge in [-0.05, 0) is 91.6 Å². The zero-order chi connectivity index (χ0) is 21.4. The predicted octanol–water partition coefficient (Wildman–Crippen LogP) is 4.93. The second-order valence-corrected chi connectivity index (χ2v) is 10.9. The van der Waals surface area contributed by atoms with Gasteiger partial charge in [0, 0.05) is 13.2 Å². The Morgan fingerprint density at radius 3 is 2.57 bits per heavy atom. The molecule has 0 amide bonds. The number of aliphatic hydroxyl groups excluding tert-OH is 2. The summed E-state index contributed by atoms with van der Waals surface area (Å²) in [5.41, 5.74) is 3.18. The SMILES string of the molecule is C=C1CCC2[C@H](CNCc3ccccc3)C([C@@]3(C)CC[C@H](O)C[C@@H]3CO)CC[C@]12C. The molecule has 2 unspecified atom stereocenters. The number of rotatable bonds is 6. The van der Waals surface area contributed by atoms with E-state index in [2.05, 4.69) is 56.1 Å². The van der Waals surface area contributed by atoms with Crippen molar-refractivity contribution in [2.24, 2.45) is 34.5 Å². The van der Waals surface area contributed by atoms with Gasteiger partial charge in [-0.25, -0.2) is 0 Å². The Morgan fingerprint density at radius 1 is 1.07 bits per heavy atom. The summed E-state index contributed by atoms with van der Waals surface area (Å²) in [7, 11) is 0. The first-order valence-corrected chi connectivity index (χ1v) is 12.1. The largest absolute Gasteiger partial charge is 0.396 e. The molecule has 3 aliphatic carbocycles. The molecule has 0 aromatic heterocycles. The van der Waals surface area contributed by atoms with E-state index in [1.165, 1.54) is 36.8 Å². The molecule has 3 aliphatic rings. The molecule has 3 fully saturated rings. The molecule has 0 saturated heterocycles. The molecule has 1 aromatic carbocycles. The maximum atomic E-state index is 10.3. The quantitative estimate of drug-likeness (QED) is 0.582. The third-order valence-electron chi connectivity index (χ3n) is 9.52. The lowest BCUT2D eigenvalue weighted by Gasteiger charge is -2.56. The van der Waals surface area contributed by atoms with Gasteiger partial charge in [-0.3, -0.25) is 0 Å². The second kappa shape index (κ2) is 8.76. The molecule has 0 heterocycles. The monoisotopic (exact) mass is 411 g/mol. The van der Waals surface area contributed by atoms with Crippen LogP contribution >= 0.6 is 0 Å². The summed E-state index contributed by atoms with van der Waals surface area (Å²) in [5, 5.41) is 24.3. The number of hydrogen-bond donors (Lipinski definition) is 3. The zero-order valence-corrected chi connectivity index (χ0v) is 18.9. The molecule has 3 nitrogen and oxygen atoms in total. The Morgan fingerprint density at radius 2 is 1.83 bits per heavy atom. The normalized spacial score (nSPS) is 41.6. The number of hydrogen-bond acceptors (Lipinski definition) is 3. The lowest BCUT2D eigenvalue weighted by atomic mass is 9.49. The first-order valence-electron chi connectivity index (χ1n) is 12.1. The highest BCUT2D eigenvalue weighted by atomic mass is 16.3. The van der Waals surface area contributed by atoms with Crippen LogP contribution in [0.3, 0.4) is 0 Å². The minimum atomic E-state index is -0.245. The summed E-state index contributed by atoms with van der Waals surface area (Å²) in [5.74, 6) is 2.07. The molecular formula is C27H41NO2. The van der Waals surface area contributed by atoms with Gasteiger partial charge < -0.3 is 15.5 Å². The molecule has 3 N–H and O–H groups in total. The van der Waals surface area contributed by atoms with Gasteiger partial charge in [0.1, 0.15) is 0 Å². The minimum absolute atomic E-state index is 0.109. The third-order valence-corrected chi connectivity index (χ3v) is 9.52. The molecule has 0 bridgehead atoms. The van der Waals surface area contributed by atoms with Crippen molar-refractivity contribution in [3.05, 3.63) is 48.0 Å². The zero-order valence-electron chi connectivity index (χ0n) is 18.9. The highest BCUT2D eigenvalue weighted by molar-refractivity contribution is 5.21. The fraction of sp³-hybridized carbons (Fsp3) is 0.704. The van der Waals surface area contributed by atoms with Crippen molar-refractivity contribution in [3.63, 3.8) is 0 Å². The highest BCUT2D eigenvalue weighted by Crippen LogP contribution is 2.63. The van der Waals surface area contributed by atoms with Crippen LogP contribution in [0.1, 0.15) is 64.4 Å². The molecule has 0 radical (unpaired) electrons. The van der Waals surface area contributed by atoms with Crippen LogP contribution in [0.2, 0.25) is 0 Å². The van der Waals surface area contributed by atoms with E-state index in [1.807, 2.05) is 0 Å². The first-order chi connectivity index (χ1) is 14.4. The van der Waals surface area contributed by atoms with E-state index in [4.69, 9.17) is 0 Å². The first kappa shape index (κ1) is 22.0.